The summed E-state index contributed by atoms with van der Waals surface area (Å²) >= 11 is 0. The Kier molecular flexibility index (Phi) is 6.49. The molecule has 3 rings (SSSR count). The molecule has 1 fully saturated rings. The molecule has 24 heavy (non-hydrogen) atoms. The minimum Gasteiger partial charge on any atom is -0.493 e. The van der Waals surface area contributed by atoms with Crippen molar-refractivity contribution < 1.29 is 14.3 Å². The lowest BCUT2D eigenvalue weighted by atomic mass is 9.79. The second-order valence-corrected chi connectivity index (χ2v) is 6.45. The molecule has 5 nitrogen and oxygen atoms in total. The van der Waals surface area contributed by atoms with Gasteiger partial charge in [-0.15, -0.1) is 12.4 Å². The number of ether oxygens (including phenoxy) is 2. The summed E-state index contributed by atoms with van der Waals surface area (Å²) in [5.41, 5.74) is 7.74. The van der Waals surface area contributed by atoms with Crippen molar-refractivity contribution in [1.82, 2.24) is 5.32 Å². The number of aryl methyl sites for hydroxylation is 1. The fourth-order valence-corrected chi connectivity index (χ4v) is 3.52. The van der Waals surface area contributed by atoms with Gasteiger partial charge in [0.15, 0.2) is 0 Å². The molecule has 1 amide bonds. The first-order valence-electron chi connectivity index (χ1n) is 8.53. The zero-order valence-electron chi connectivity index (χ0n) is 14.2. The van der Waals surface area contributed by atoms with Crippen molar-refractivity contribution in [2.45, 2.75) is 38.6 Å². The Bertz CT molecular complexity index is 573. The van der Waals surface area contributed by atoms with Crippen LogP contribution in [0.15, 0.2) is 18.2 Å². The van der Waals surface area contributed by atoms with Gasteiger partial charge in [0.1, 0.15) is 5.75 Å². The summed E-state index contributed by atoms with van der Waals surface area (Å²) < 4.78 is 11.3. The molecule has 1 atom stereocenters. The average molecular weight is 355 g/mol. The van der Waals surface area contributed by atoms with Crippen LogP contribution in [0.5, 0.6) is 5.75 Å². The number of halogens is 1. The Morgan fingerprint density at radius 1 is 1.33 bits per heavy atom. The van der Waals surface area contributed by atoms with Crippen LogP contribution in [0.2, 0.25) is 0 Å². The molecule has 0 aliphatic carbocycles. The summed E-state index contributed by atoms with van der Waals surface area (Å²) in [5, 5.41) is 3.23. The van der Waals surface area contributed by atoms with Gasteiger partial charge in [-0.3, -0.25) is 4.79 Å². The smallest absolute Gasteiger partial charge is 0.228 e. The van der Waals surface area contributed by atoms with Gasteiger partial charge < -0.3 is 20.5 Å². The van der Waals surface area contributed by atoms with E-state index in [0.717, 1.165) is 24.2 Å². The third-order valence-electron chi connectivity index (χ3n) is 5.16. The predicted molar refractivity (Wildman–Crippen MR) is 95.6 cm³/mol. The van der Waals surface area contributed by atoms with Gasteiger partial charge in [0, 0.05) is 31.7 Å². The van der Waals surface area contributed by atoms with E-state index in [9.17, 15) is 4.79 Å². The maximum absolute atomic E-state index is 12.9. The third kappa shape index (κ3) is 3.53. The van der Waals surface area contributed by atoms with Crippen LogP contribution in [0.4, 0.5) is 0 Å². The fraction of sp³-hybridized carbons (Fsp3) is 0.611. The maximum atomic E-state index is 12.9. The van der Waals surface area contributed by atoms with Crippen molar-refractivity contribution in [3.05, 3.63) is 29.3 Å². The molecule has 3 N–H and O–H groups in total. The first kappa shape index (κ1) is 19.0. The van der Waals surface area contributed by atoms with Crippen molar-refractivity contribution in [1.29, 1.82) is 0 Å². The molecule has 2 aliphatic rings. The van der Waals surface area contributed by atoms with Gasteiger partial charge >= 0.3 is 0 Å². The molecule has 1 aromatic rings. The number of carbonyl (C=O) groups excluding carboxylic acids is 1. The molecule has 1 saturated heterocycles. The van der Waals surface area contributed by atoms with Crippen molar-refractivity contribution in [3.8, 4) is 5.75 Å². The largest absolute Gasteiger partial charge is 0.493 e. The number of hydrogen-bond donors (Lipinski definition) is 2. The van der Waals surface area contributed by atoms with E-state index in [1.165, 1.54) is 5.56 Å². The molecule has 0 bridgehead atoms. The van der Waals surface area contributed by atoms with E-state index >= 15 is 0 Å². The van der Waals surface area contributed by atoms with Crippen molar-refractivity contribution in [2.24, 2.45) is 11.1 Å². The summed E-state index contributed by atoms with van der Waals surface area (Å²) in [6.45, 7) is 4.33. The number of amides is 1. The van der Waals surface area contributed by atoms with E-state index < -0.39 is 5.41 Å². The number of hydrogen-bond acceptors (Lipinski definition) is 4. The lowest BCUT2D eigenvalue weighted by molar-refractivity contribution is -0.136. The minimum absolute atomic E-state index is 0. The number of para-hydroxylation sites is 1. The van der Waals surface area contributed by atoms with Gasteiger partial charge in [0.25, 0.3) is 0 Å². The second kappa shape index (κ2) is 8.19. The highest BCUT2D eigenvalue weighted by atomic mass is 35.5. The second-order valence-electron chi connectivity index (χ2n) is 6.45. The molecule has 0 radical (unpaired) electrons. The molecule has 0 aromatic heterocycles. The Hall–Kier alpha value is -1.30. The summed E-state index contributed by atoms with van der Waals surface area (Å²) in [4.78, 5) is 12.9. The Morgan fingerprint density at radius 2 is 2.08 bits per heavy atom. The summed E-state index contributed by atoms with van der Waals surface area (Å²) in [6.07, 6.45) is 3.11. The number of fused-ring (bicyclic) bond motifs is 1. The van der Waals surface area contributed by atoms with Crippen LogP contribution in [0.1, 0.15) is 43.4 Å². The van der Waals surface area contributed by atoms with Crippen LogP contribution in [0.25, 0.3) is 0 Å². The van der Waals surface area contributed by atoms with Gasteiger partial charge in [-0.05, 0) is 24.8 Å². The highest BCUT2D eigenvalue weighted by Crippen LogP contribution is 2.37. The van der Waals surface area contributed by atoms with Gasteiger partial charge in [-0.1, -0.05) is 25.1 Å². The highest BCUT2D eigenvalue weighted by Gasteiger charge is 2.40. The Labute approximate surface area is 149 Å². The summed E-state index contributed by atoms with van der Waals surface area (Å²) in [7, 11) is 0. The topological polar surface area (TPSA) is 73.6 Å². The zero-order valence-corrected chi connectivity index (χ0v) is 15.0. The molecule has 2 aliphatic heterocycles. The van der Waals surface area contributed by atoms with Crippen LogP contribution in [-0.2, 0) is 16.0 Å². The summed E-state index contributed by atoms with van der Waals surface area (Å²) in [5.74, 6) is 1.00. The number of nitrogens with two attached hydrogens (primary N) is 1. The van der Waals surface area contributed by atoms with E-state index in [2.05, 4.69) is 24.4 Å². The summed E-state index contributed by atoms with van der Waals surface area (Å²) in [6, 6.07) is 6.18. The van der Waals surface area contributed by atoms with Gasteiger partial charge in [0.05, 0.1) is 18.1 Å². The molecular weight excluding hydrogens is 328 g/mol. The van der Waals surface area contributed by atoms with E-state index in [4.69, 9.17) is 15.2 Å². The average Bonchev–Trinajstić information content (AvgIpc) is 2.62. The standard InChI is InChI=1S/C18H26N2O3.ClH/c1-2-13-4-3-5-14-15(6-9-23-16(13)14)20-17(21)18(12-19)7-10-22-11-8-18;/h3-5,15H,2,6-12,19H2,1H3,(H,20,21);1H. The monoisotopic (exact) mass is 354 g/mol. The molecule has 0 spiro atoms. The quantitative estimate of drug-likeness (QED) is 0.870. The first-order chi connectivity index (χ1) is 11.2. The number of carbonyl (C=O) groups is 1. The molecule has 1 unspecified atom stereocenters. The third-order valence-corrected chi connectivity index (χ3v) is 5.16. The van der Waals surface area contributed by atoms with Gasteiger partial charge in [-0.25, -0.2) is 0 Å². The number of nitrogens with one attached hydrogen (secondary N) is 1. The van der Waals surface area contributed by atoms with Crippen molar-refractivity contribution >= 4 is 18.3 Å². The van der Waals surface area contributed by atoms with Crippen LogP contribution < -0.4 is 15.8 Å². The molecule has 2 heterocycles. The number of rotatable bonds is 4. The van der Waals surface area contributed by atoms with Crippen molar-refractivity contribution in [2.75, 3.05) is 26.4 Å². The number of benzene rings is 1. The molecule has 0 saturated carbocycles. The molecule has 134 valence electrons. The lowest BCUT2D eigenvalue weighted by Gasteiger charge is -2.37. The normalized spacial score (nSPS) is 21.8. The maximum Gasteiger partial charge on any atom is 0.228 e. The zero-order chi connectivity index (χ0) is 16.3. The molecular formula is C18H27ClN2O3. The molecule has 6 heteroatoms. The van der Waals surface area contributed by atoms with E-state index in [0.29, 0.717) is 39.2 Å². The van der Waals surface area contributed by atoms with Crippen LogP contribution in [0.3, 0.4) is 0 Å². The highest BCUT2D eigenvalue weighted by molar-refractivity contribution is 5.85. The van der Waals surface area contributed by atoms with E-state index in [-0.39, 0.29) is 24.4 Å². The predicted octanol–water partition coefficient (Wildman–Crippen LogP) is 2.37. The van der Waals surface area contributed by atoms with Gasteiger partial charge in [0.2, 0.25) is 5.91 Å². The lowest BCUT2D eigenvalue weighted by Crippen LogP contribution is -2.50. The minimum atomic E-state index is -0.487. The Morgan fingerprint density at radius 3 is 2.75 bits per heavy atom. The first-order valence-corrected chi connectivity index (χ1v) is 8.53. The van der Waals surface area contributed by atoms with Gasteiger partial charge in [-0.2, -0.15) is 0 Å². The molecule has 1 aromatic carbocycles. The van der Waals surface area contributed by atoms with E-state index in [1.54, 1.807) is 0 Å². The SMILES string of the molecule is CCc1cccc2c1OCCC2NC(=O)C1(CN)CCOCC1.Cl. The fourth-order valence-electron chi connectivity index (χ4n) is 3.52. The van der Waals surface area contributed by atoms with Crippen LogP contribution in [0, 0.1) is 5.41 Å². The van der Waals surface area contributed by atoms with E-state index in [1.807, 2.05) is 6.07 Å². The Balaban J connectivity index is 0.00000208. The van der Waals surface area contributed by atoms with Crippen LogP contribution in [-0.4, -0.2) is 32.3 Å². The van der Waals surface area contributed by atoms with Crippen molar-refractivity contribution in [3.63, 3.8) is 0 Å². The van der Waals surface area contributed by atoms with Crippen LogP contribution >= 0.6 is 12.4 Å².